The van der Waals surface area contributed by atoms with E-state index >= 15 is 0 Å². The van der Waals surface area contributed by atoms with Crippen LogP contribution in [0.25, 0.3) is 0 Å². The molecule has 0 atom stereocenters. The van der Waals surface area contributed by atoms with Crippen LogP contribution in [0, 0.1) is 0 Å². The molecule has 0 aliphatic carbocycles. The van der Waals surface area contributed by atoms with Crippen LogP contribution in [0.2, 0.25) is 0 Å². The molecule has 8 heteroatoms. The van der Waals surface area contributed by atoms with E-state index in [9.17, 15) is 13.2 Å². The minimum absolute atomic E-state index is 0.267. The second kappa shape index (κ2) is 6.86. The van der Waals surface area contributed by atoms with Crippen molar-refractivity contribution in [1.82, 2.24) is 9.03 Å². The molecule has 0 aliphatic heterocycles. The molecule has 0 aromatic heterocycles. The quantitative estimate of drug-likeness (QED) is 0.706. The number of methoxy groups -OCH3 is 1. The molecule has 0 radical (unpaired) electrons. The number of hydrogen-bond acceptors (Lipinski definition) is 4. The number of amides is 1. The Kier molecular flexibility index (Phi) is 6.62. The van der Waals surface area contributed by atoms with E-state index in [4.69, 9.17) is 11.6 Å². The highest BCUT2D eigenvalue weighted by atomic mass is 35.5. The number of nitrogens with one attached hydrogen (secondary N) is 1. The largest absolute Gasteiger partial charge is 0.452 e. The number of carbonyl (C=O) groups is 1. The summed E-state index contributed by atoms with van der Waals surface area (Å²) in [5.74, 6) is 0.365. The summed E-state index contributed by atoms with van der Waals surface area (Å²) in [6.45, 7) is 2.21. The van der Waals surface area contributed by atoms with Crippen molar-refractivity contribution in [2.24, 2.45) is 0 Å². The zero-order valence-electron chi connectivity index (χ0n) is 8.69. The first kappa shape index (κ1) is 14.5. The number of rotatable bonds is 6. The Bertz CT molecular complexity index is 293. The van der Waals surface area contributed by atoms with Crippen molar-refractivity contribution in [1.29, 1.82) is 0 Å². The van der Waals surface area contributed by atoms with Gasteiger partial charge < -0.3 is 4.74 Å². The topological polar surface area (TPSA) is 75.7 Å². The molecule has 0 aliphatic rings. The molecule has 1 N–H and O–H groups in total. The Labute approximate surface area is 94.7 Å². The van der Waals surface area contributed by atoms with E-state index in [2.05, 4.69) is 4.74 Å². The average molecular weight is 259 g/mol. The molecular formula is C7H15ClN2O4S. The molecule has 15 heavy (non-hydrogen) atoms. The van der Waals surface area contributed by atoms with Gasteiger partial charge in [0.2, 0.25) is 0 Å². The van der Waals surface area contributed by atoms with E-state index in [0.717, 1.165) is 11.4 Å². The third-order valence-corrected chi connectivity index (χ3v) is 3.44. The lowest BCUT2D eigenvalue weighted by atomic mass is 10.5. The molecule has 0 fully saturated rings. The summed E-state index contributed by atoms with van der Waals surface area (Å²) in [4.78, 5) is 10.8. The molecule has 0 spiro atoms. The van der Waals surface area contributed by atoms with Gasteiger partial charge in [-0.1, -0.05) is 6.92 Å². The van der Waals surface area contributed by atoms with Crippen LogP contribution in [-0.4, -0.2) is 44.9 Å². The Morgan fingerprint density at radius 2 is 2.13 bits per heavy atom. The molecule has 1 amide bonds. The number of alkyl halides is 1. The van der Waals surface area contributed by atoms with Crippen molar-refractivity contribution in [3.8, 4) is 0 Å². The van der Waals surface area contributed by atoms with Crippen molar-refractivity contribution in [3.63, 3.8) is 0 Å². The standard InChI is InChI=1S/C7H15ClN2O4S/c1-3-10(6-4-5-8)15(12,13)9-7(11)14-2/h3-6H2,1-2H3,(H,9,11). The van der Waals surface area contributed by atoms with Crippen LogP contribution in [0.5, 0.6) is 0 Å². The maximum atomic E-state index is 11.5. The number of halogens is 1. The predicted molar refractivity (Wildman–Crippen MR) is 57.0 cm³/mol. The first-order chi connectivity index (χ1) is 6.97. The number of carbonyl (C=O) groups excluding carboxylic acids is 1. The molecule has 0 saturated carbocycles. The van der Waals surface area contributed by atoms with Crippen LogP contribution in [0.1, 0.15) is 13.3 Å². The van der Waals surface area contributed by atoms with Gasteiger partial charge in [-0.15, -0.1) is 11.6 Å². The van der Waals surface area contributed by atoms with Gasteiger partial charge in [0.1, 0.15) is 0 Å². The van der Waals surface area contributed by atoms with Crippen molar-refractivity contribution >= 4 is 27.9 Å². The first-order valence-corrected chi connectivity index (χ1v) is 6.37. The fourth-order valence-corrected chi connectivity index (χ4v) is 2.15. The smallest absolute Gasteiger partial charge is 0.421 e. The Morgan fingerprint density at radius 3 is 2.53 bits per heavy atom. The monoisotopic (exact) mass is 258 g/mol. The van der Waals surface area contributed by atoms with E-state index in [1.165, 1.54) is 0 Å². The van der Waals surface area contributed by atoms with Gasteiger partial charge in [-0.05, 0) is 6.42 Å². The van der Waals surface area contributed by atoms with Gasteiger partial charge in [-0.25, -0.2) is 9.52 Å². The van der Waals surface area contributed by atoms with Gasteiger partial charge in [0, 0.05) is 19.0 Å². The van der Waals surface area contributed by atoms with E-state index in [0.29, 0.717) is 12.3 Å². The third kappa shape index (κ3) is 5.19. The number of ether oxygens (including phenoxy) is 1. The summed E-state index contributed by atoms with van der Waals surface area (Å²) < 4.78 is 30.1. The lowest BCUT2D eigenvalue weighted by Crippen LogP contribution is -2.43. The summed E-state index contributed by atoms with van der Waals surface area (Å²) in [6.07, 6.45) is -0.475. The highest BCUT2D eigenvalue weighted by Gasteiger charge is 2.22. The van der Waals surface area contributed by atoms with E-state index in [-0.39, 0.29) is 13.1 Å². The Balaban J connectivity index is 4.45. The van der Waals surface area contributed by atoms with Crippen LogP contribution in [0.3, 0.4) is 0 Å². The van der Waals surface area contributed by atoms with Gasteiger partial charge >= 0.3 is 16.3 Å². The van der Waals surface area contributed by atoms with Crippen molar-refractivity contribution < 1.29 is 17.9 Å². The molecular weight excluding hydrogens is 244 g/mol. The summed E-state index contributed by atoms with van der Waals surface area (Å²) in [6, 6.07) is 0. The maximum Gasteiger partial charge on any atom is 0.421 e. The lowest BCUT2D eigenvalue weighted by Gasteiger charge is -2.19. The van der Waals surface area contributed by atoms with Gasteiger partial charge in [0.15, 0.2) is 0 Å². The molecule has 0 rings (SSSR count). The molecule has 0 unspecified atom stereocenters. The Morgan fingerprint density at radius 1 is 1.53 bits per heavy atom. The highest BCUT2D eigenvalue weighted by Crippen LogP contribution is 2.00. The minimum Gasteiger partial charge on any atom is -0.452 e. The maximum absolute atomic E-state index is 11.5. The van der Waals surface area contributed by atoms with Crippen LogP contribution in [0.15, 0.2) is 0 Å². The average Bonchev–Trinajstić information content (AvgIpc) is 2.17. The lowest BCUT2D eigenvalue weighted by molar-refractivity contribution is 0.177. The van der Waals surface area contributed by atoms with Crippen molar-refractivity contribution in [2.75, 3.05) is 26.1 Å². The normalized spacial score (nSPS) is 11.5. The van der Waals surface area contributed by atoms with Gasteiger partial charge in [-0.2, -0.15) is 12.7 Å². The van der Waals surface area contributed by atoms with E-state index in [1.807, 2.05) is 0 Å². The molecule has 0 aromatic rings. The molecule has 90 valence electrons. The summed E-state index contributed by atoms with van der Waals surface area (Å²) in [5, 5.41) is 0. The van der Waals surface area contributed by atoms with Crippen LogP contribution >= 0.6 is 11.6 Å². The van der Waals surface area contributed by atoms with E-state index in [1.54, 1.807) is 11.6 Å². The fourth-order valence-electron chi connectivity index (χ4n) is 0.896. The number of nitrogens with zero attached hydrogens (tertiary/aromatic N) is 1. The molecule has 6 nitrogen and oxygen atoms in total. The highest BCUT2D eigenvalue weighted by molar-refractivity contribution is 7.87. The minimum atomic E-state index is -3.81. The van der Waals surface area contributed by atoms with Crippen molar-refractivity contribution in [3.05, 3.63) is 0 Å². The summed E-state index contributed by atoms with van der Waals surface area (Å²) in [5.41, 5.74) is 0. The SMILES string of the molecule is CCN(CCCCl)S(=O)(=O)NC(=O)OC. The predicted octanol–water partition coefficient (Wildman–Crippen LogP) is 0.538. The molecule has 0 saturated heterocycles. The first-order valence-electron chi connectivity index (χ1n) is 4.39. The molecule has 0 heterocycles. The second-order valence-corrected chi connectivity index (χ2v) is 4.68. The fraction of sp³-hybridized carbons (Fsp3) is 0.857. The van der Waals surface area contributed by atoms with Gasteiger partial charge in [-0.3, -0.25) is 0 Å². The van der Waals surface area contributed by atoms with Gasteiger partial charge in [0.25, 0.3) is 0 Å². The second-order valence-electron chi connectivity index (χ2n) is 2.63. The van der Waals surface area contributed by atoms with Crippen LogP contribution in [0.4, 0.5) is 4.79 Å². The zero-order valence-corrected chi connectivity index (χ0v) is 10.3. The third-order valence-electron chi connectivity index (χ3n) is 1.63. The van der Waals surface area contributed by atoms with Crippen molar-refractivity contribution in [2.45, 2.75) is 13.3 Å². The number of hydrogen-bond donors (Lipinski definition) is 1. The Hall–Kier alpha value is -0.530. The molecule has 0 bridgehead atoms. The van der Waals surface area contributed by atoms with Crippen LogP contribution in [-0.2, 0) is 14.9 Å². The zero-order chi connectivity index (χ0) is 11.9. The van der Waals surface area contributed by atoms with E-state index < -0.39 is 16.3 Å². The summed E-state index contributed by atoms with van der Waals surface area (Å²) >= 11 is 5.45. The summed E-state index contributed by atoms with van der Waals surface area (Å²) in [7, 11) is -2.71. The van der Waals surface area contributed by atoms with Gasteiger partial charge in [0.05, 0.1) is 7.11 Å². The van der Waals surface area contributed by atoms with Crippen LogP contribution < -0.4 is 4.72 Å². The molecule has 0 aromatic carbocycles.